The maximum Gasteiger partial charge on any atom is 0.258 e. The smallest absolute Gasteiger partial charge is 0.258 e. The summed E-state index contributed by atoms with van der Waals surface area (Å²) in [6, 6.07) is 6.79. The molecule has 0 bridgehead atoms. The van der Waals surface area contributed by atoms with Gasteiger partial charge in [-0.2, -0.15) is 0 Å². The van der Waals surface area contributed by atoms with Gasteiger partial charge in [0.15, 0.2) is 16.5 Å². The van der Waals surface area contributed by atoms with Crippen LogP contribution in [-0.4, -0.2) is 65.0 Å². The lowest BCUT2D eigenvalue weighted by Gasteiger charge is -2.34. The largest absolute Gasteiger partial charge is 0.493 e. The number of fused-ring (bicyclic) bond motifs is 1. The lowest BCUT2D eigenvalue weighted by atomic mass is 10.1. The van der Waals surface area contributed by atoms with Crippen LogP contribution in [0, 0.1) is 0 Å². The number of thiazole rings is 1. The Hall–Kier alpha value is -3.17. The highest BCUT2D eigenvalue weighted by Gasteiger charge is 2.23. The van der Waals surface area contributed by atoms with Crippen molar-refractivity contribution < 1.29 is 14.3 Å². The second-order valence-electron chi connectivity index (χ2n) is 7.17. The van der Waals surface area contributed by atoms with Crippen LogP contribution in [0.2, 0.25) is 0 Å². The molecule has 3 heterocycles. The first-order valence-electron chi connectivity index (χ1n) is 9.98. The summed E-state index contributed by atoms with van der Waals surface area (Å²) in [5.41, 5.74) is 1.26. The number of carbonyl (C=O) groups is 1. The van der Waals surface area contributed by atoms with Gasteiger partial charge >= 0.3 is 0 Å². The molecule has 0 N–H and O–H groups in total. The van der Waals surface area contributed by atoms with Crippen molar-refractivity contribution in [2.75, 3.05) is 39.9 Å². The van der Waals surface area contributed by atoms with E-state index in [-0.39, 0.29) is 11.5 Å². The van der Waals surface area contributed by atoms with Crippen LogP contribution in [0.25, 0.3) is 4.96 Å². The fourth-order valence-corrected chi connectivity index (χ4v) is 4.30. The van der Waals surface area contributed by atoms with E-state index >= 15 is 0 Å². The highest BCUT2D eigenvalue weighted by atomic mass is 32.1. The molecule has 31 heavy (non-hydrogen) atoms. The van der Waals surface area contributed by atoms with Crippen molar-refractivity contribution in [2.24, 2.45) is 0 Å². The third kappa shape index (κ3) is 4.62. The number of rotatable bonds is 7. The summed E-state index contributed by atoms with van der Waals surface area (Å²) >= 11 is 1.44. The van der Waals surface area contributed by atoms with Crippen molar-refractivity contribution >= 4 is 22.2 Å². The summed E-state index contributed by atoms with van der Waals surface area (Å²) in [7, 11) is 1.55. The lowest BCUT2D eigenvalue weighted by molar-refractivity contribution is 0.0626. The molecule has 0 atom stereocenters. The summed E-state index contributed by atoms with van der Waals surface area (Å²) in [6.07, 6.45) is 3.39. The van der Waals surface area contributed by atoms with Gasteiger partial charge in [-0.05, 0) is 18.2 Å². The van der Waals surface area contributed by atoms with Gasteiger partial charge in [0.2, 0.25) is 0 Å². The number of benzene rings is 1. The van der Waals surface area contributed by atoms with Gasteiger partial charge in [0, 0.05) is 55.9 Å². The molecular weight excluding hydrogens is 416 g/mol. The third-order valence-electron chi connectivity index (χ3n) is 5.17. The van der Waals surface area contributed by atoms with Crippen molar-refractivity contribution in [1.82, 2.24) is 19.2 Å². The van der Waals surface area contributed by atoms with Gasteiger partial charge in [-0.3, -0.25) is 18.9 Å². The normalized spacial score (nSPS) is 14.5. The second-order valence-corrected chi connectivity index (χ2v) is 8.05. The van der Waals surface area contributed by atoms with Gasteiger partial charge in [0.25, 0.3) is 11.5 Å². The van der Waals surface area contributed by atoms with Crippen LogP contribution in [0.4, 0.5) is 0 Å². The zero-order valence-electron chi connectivity index (χ0n) is 17.3. The standard InChI is InChI=1S/C22H24N4O4S/c1-3-11-30-18-5-4-16(13-19(18)29-2)21(28)25-8-6-24(7-9-25)15-17-14-20(27)26-10-12-31-22(26)23-17/h3-5,10,12-14H,1,6-9,11,15H2,2H3. The quantitative estimate of drug-likeness (QED) is 0.525. The summed E-state index contributed by atoms with van der Waals surface area (Å²) in [6.45, 7) is 7.24. The van der Waals surface area contributed by atoms with Crippen molar-refractivity contribution in [3.05, 3.63) is 70.1 Å². The van der Waals surface area contributed by atoms with Gasteiger partial charge < -0.3 is 14.4 Å². The number of nitrogens with zero attached hydrogens (tertiary/aromatic N) is 4. The van der Waals surface area contributed by atoms with Gasteiger partial charge in [-0.15, -0.1) is 11.3 Å². The molecule has 2 aromatic heterocycles. The predicted molar refractivity (Wildman–Crippen MR) is 119 cm³/mol. The SMILES string of the molecule is C=CCOc1ccc(C(=O)N2CCN(Cc3cc(=O)n4ccsc4n3)CC2)cc1OC. The lowest BCUT2D eigenvalue weighted by Crippen LogP contribution is -2.48. The average molecular weight is 441 g/mol. The molecule has 1 aliphatic heterocycles. The van der Waals surface area contributed by atoms with Crippen molar-refractivity contribution in [2.45, 2.75) is 6.54 Å². The summed E-state index contributed by atoms with van der Waals surface area (Å²) in [4.78, 5) is 34.4. The first-order valence-corrected chi connectivity index (χ1v) is 10.9. The summed E-state index contributed by atoms with van der Waals surface area (Å²) in [5, 5.41) is 1.85. The average Bonchev–Trinajstić information content (AvgIpc) is 3.27. The first-order chi connectivity index (χ1) is 15.1. The molecule has 8 nitrogen and oxygen atoms in total. The first kappa shape index (κ1) is 21.1. The van der Waals surface area contributed by atoms with Gasteiger partial charge in [0.05, 0.1) is 12.8 Å². The summed E-state index contributed by atoms with van der Waals surface area (Å²) in [5.74, 6) is 1.06. The fourth-order valence-electron chi connectivity index (χ4n) is 3.56. The molecule has 0 aliphatic carbocycles. The Kier molecular flexibility index (Phi) is 6.34. The third-order valence-corrected chi connectivity index (χ3v) is 5.93. The van der Waals surface area contributed by atoms with E-state index in [2.05, 4.69) is 16.5 Å². The molecular formula is C22H24N4O4S. The van der Waals surface area contributed by atoms with E-state index in [0.29, 0.717) is 48.3 Å². The fraction of sp³-hybridized carbons (Fsp3) is 0.318. The molecule has 162 valence electrons. The van der Waals surface area contributed by atoms with Gasteiger partial charge in [-0.25, -0.2) is 4.98 Å². The number of aromatic nitrogens is 2. The number of carbonyl (C=O) groups excluding carboxylic acids is 1. The van der Waals surface area contributed by atoms with E-state index in [9.17, 15) is 9.59 Å². The van der Waals surface area contributed by atoms with E-state index in [4.69, 9.17) is 9.47 Å². The Balaban J connectivity index is 1.38. The number of amides is 1. The maximum absolute atomic E-state index is 13.0. The van der Waals surface area contributed by atoms with Crippen LogP contribution in [0.1, 0.15) is 16.1 Å². The van der Waals surface area contributed by atoms with Crippen LogP contribution in [0.3, 0.4) is 0 Å². The van der Waals surface area contributed by atoms with E-state index in [1.54, 1.807) is 48.0 Å². The second kappa shape index (κ2) is 9.32. The topological polar surface area (TPSA) is 76.4 Å². The van der Waals surface area contributed by atoms with E-state index in [1.807, 2.05) is 10.3 Å². The Labute approximate surface area is 184 Å². The number of ether oxygens (including phenoxy) is 2. The predicted octanol–water partition coefficient (Wildman–Crippen LogP) is 2.29. The molecule has 4 rings (SSSR count). The van der Waals surface area contributed by atoms with E-state index in [0.717, 1.165) is 18.8 Å². The number of methoxy groups -OCH3 is 1. The number of piperazine rings is 1. The van der Waals surface area contributed by atoms with E-state index in [1.165, 1.54) is 11.3 Å². The minimum absolute atomic E-state index is 0.0374. The highest BCUT2D eigenvalue weighted by Crippen LogP contribution is 2.28. The van der Waals surface area contributed by atoms with Crippen LogP contribution < -0.4 is 15.0 Å². The van der Waals surface area contributed by atoms with E-state index < -0.39 is 0 Å². The van der Waals surface area contributed by atoms with Crippen molar-refractivity contribution in [3.63, 3.8) is 0 Å². The monoisotopic (exact) mass is 440 g/mol. The Morgan fingerprint density at radius 3 is 2.77 bits per heavy atom. The zero-order chi connectivity index (χ0) is 21.8. The van der Waals surface area contributed by atoms with Crippen LogP contribution >= 0.6 is 11.3 Å². The molecule has 0 radical (unpaired) electrons. The molecule has 0 saturated carbocycles. The number of hydrogen-bond donors (Lipinski definition) is 0. The number of hydrogen-bond acceptors (Lipinski definition) is 7. The highest BCUT2D eigenvalue weighted by molar-refractivity contribution is 7.15. The summed E-state index contributed by atoms with van der Waals surface area (Å²) < 4.78 is 12.5. The molecule has 1 amide bonds. The van der Waals surface area contributed by atoms with Crippen molar-refractivity contribution in [1.29, 1.82) is 0 Å². The van der Waals surface area contributed by atoms with Crippen LogP contribution in [0.5, 0.6) is 11.5 Å². The maximum atomic E-state index is 13.0. The zero-order valence-corrected chi connectivity index (χ0v) is 18.1. The molecule has 0 spiro atoms. The molecule has 0 unspecified atom stereocenters. The molecule has 1 fully saturated rings. The van der Waals surface area contributed by atoms with Gasteiger partial charge in [-0.1, -0.05) is 12.7 Å². The Bertz CT molecular complexity index is 1150. The minimum Gasteiger partial charge on any atom is -0.493 e. The molecule has 9 heteroatoms. The molecule has 1 aromatic carbocycles. The minimum atomic E-state index is -0.0653. The molecule has 1 saturated heterocycles. The van der Waals surface area contributed by atoms with Gasteiger partial charge in [0.1, 0.15) is 6.61 Å². The van der Waals surface area contributed by atoms with Crippen LogP contribution in [0.15, 0.2) is 53.3 Å². The Morgan fingerprint density at radius 1 is 1.23 bits per heavy atom. The van der Waals surface area contributed by atoms with Crippen LogP contribution in [-0.2, 0) is 6.54 Å². The molecule has 1 aliphatic rings. The Morgan fingerprint density at radius 2 is 2.03 bits per heavy atom. The molecule has 3 aromatic rings. The van der Waals surface area contributed by atoms with Crippen molar-refractivity contribution in [3.8, 4) is 11.5 Å².